The minimum Gasteiger partial charge on any atom is -0.482 e. The van der Waals surface area contributed by atoms with Crippen LogP contribution < -0.4 is 4.74 Å². The van der Waals surface area contributed by atoms with Gasteiger partial charge in [-0.15, -0.1) is 0 Å². The van der Waals surface area contributed by atoms with E-state index >= 15 is 0 Å². The van der Waals surface area contributed by atoms with Gasteiger partial charge in [0.05, 0.1) is 0 Å². The lowest BCUT2D eigenvalue weighted by Gasteiger charge is -2.03. The fraction of sp³-hybridized carbons (Fsp3) is 0.182. The predicted molar refractivity (Wildman–Crippen MR) is 62.4 cm³/mol. The summed E-state index contributed by atoms with van der Waals surface area (Å²) in [5, 5.41) is 9.23. The van der Waals surface area contributed by atoms with Crippen LogP contribution in [0.15, 0.2) is 30.3 Å². The van der Waals surface area contributed by atoms with Crippen molar-refractivity contribution in [2.75, 3.05) is 11.9 Å². The van der Waals surface area contributed by atoms with Crippen LogP contribution in [0, 0.1) is 0 Å². The molecule has 0 fully saturated rings. The first-order valence-corrected chi connectivity index (χ1v) is 5.51. The molecule has 0 heterocycles. The number of ether oxygens (including phenoxy) is 1. The SMILES string of the molecule is O=C(O)COc1cccc(/C=C/CBr)c1. The van der Waals surface area contributed by atoms with Gasteiger partial charge in [0.1, 0.15) is 5.75 Å². The van der Waals surface area contributed by atoms with E-state index in [1.165, 1.54) is 0 Å². The van der Waals surface area contributed by atoms with Crippen molar-refractivity contribution in [2.24, 2.45) is 0 Å². The van der Waals surface area contributed by atoms with E-state index in [-0.39, 0.29) is 6.61 Å². The molecule has 4 heteroatoms. The highest BCUT2D eigenvalue weighted by atomic mass is 79.9. The smallest absolute Gasteiger partial charge is 0.341 e. The molecule has 0 saturated carbocycles. The standard InChI is InChI=1S/C11H11BrO3/c12-6-2-4-9-3-1-5-10(7-9)15-8-11(13)14/h1-5,7H,6,8H2,(H,13,14)/b4-2+. The van der Waals surface area contributed by atoms with Gasteiger partial charge >= 0.3 is 5.97 Å². The van der Waals surface area contributed by atoms with Gasteiger partial charge in [0, 0.05) is 5.33 Å². The van der Waals surface area contributed by atoms with Crippen LogP contribution in [-0.4, -0.2) is 23.0 Å². The van der Waals surface area contributed by atoms with E-state index in [9.17, 15) is 4.79 Å². The Hall–Kier alpha value is -1.29. The van der Waals surface area contributed by atoms with Crippen LogP contribution in [0.4, 0.5) is 0 Å². The second-order valence-corrected chi connectivity index (χ2v) is 3.46. The summed E-state index contributed by atoms with van der Waals surface area (Å²) in [7, 11) is 0. The van der Waals surface area contributed by atoms with E-state index in [1.54, 1.807) is 12.1 Å². The number of alkyl halides is 1. The van der Waals surface area contributed by atoms with Crippen molar-refractivity contribution in [3.63, 3.8) is 0 Å². The van der Waals surface area contributed by atoms with E-state index < -0.39 is 5.97 Å². The fourth-order valence-electron chi connectivity index (χ4n) is 1.03. The maximum atomic E-state index is 10.3. The monoisotopic (exact) mass is 270 g/mol. The number of carboxylic acids is 1. The number of allylic oxidation sites excluding steroid dienone is 1. The van der Waals surface area contributed by atoms with Crippen molar-refractivity contribution >= 4 is 28.0 Å². The number of carbonyl (C=O) groups is 1. The molecule has 3 nitrogen and oxygen atoms in total. The van der Waals surface area contributed by atoms with Crippen molar-refractivity contribution in [3.8, 4) is 5.75 Å². The summed E-state index contributed by atoms with van der Waals surface area (Å²) < 4.78 is 5.04. The highest BCUT2D eigenvalue weighted by Crippen LogP contribution is 2.14. The Labute approximate surface area is 96.5 Å². The lowest BCUT2D eigenvalue weighted by molar-refractivity contribution is -0.139. The minimum absolute atomic E-state index is 0.314. The normalized spacial score (nSPS) is 10.5. The van der Waals surface area contributed by atoms with Gasteiger partial charge in [0.25, 0.3) is 0 Å². The average molecular weight is 271 g/mol. The van der Waals surface area contributed by atoms with Crippen LogP contribution >= 0.6 is 15.9 Å². The topological polar surface area (TPSA) is 46.5 Å². The van der Waals surface area contributed by atoms with E-state index in [2.05, 4.69) is 15.9 Å². The maximum absolute atomic E-state index is 10.3. The fourth-order valence-corrected chi connectivity index (χ4v) is 1.22. The maximum Gasteiger partial charge on any atom is 0.341 e. The van der Waals surface area contributed by atoms with Gasteiger partial charge in [0.15, 0.2) is 6.61 Å². The lowest BCUT2D eigenvalue weighted by atomic mass is 10.2. The second kappa shape index (κ2) is 6.24. The molecule has 0 spiro atoms. The van der Waals surface area contributed by atoms with Gasteiger partial charge in [-0.05, 0) is 17.7 Å². The van der Waals surface area contributed by atoms with Crippen molar-refractivity contribution < 1.29 is 14.6 Å². The van der Waals surface area contributed by atoms with Gasteiger partial charge in [-0.2, -0.15) is 0 Å². The van der Waals surface area contributed by atoms with Crippen molar-refractivity contribution in [1.29, 1.82) is 0 Å². The quantitative estimate of drug-likeness (QED) is 0.837. The summed E-state index contributed by atoms with van der Waals surface area (Å²) in [4.78, 5) is 10.3. The van der Waals surface area contributed by atoms with Gasteiger partial charge in [-0.25, -0.2) is 4.79 Å². The highest BCUT2D eigenvalue weighted by molar-refractivity contribution is 9.09. The Kier molecular flexibility index (Phi) is 4.90. The summed E-state index contributed by atoms with van der Waals surface area (Å²) in [6, 6.07) is 7.27. The summed E-state index contributed by atoms with van der Waals surface area (Å²) in [6.07, 6.45) is 3.89. The van der Waals surface area contributed by atoms with E-state index in [0.29, 0.717) is 5.75 Å². The molecule has 0 atom stereocenters. The summed E-state index contributed by atoms with van der Waals surface area (Å²) >= 11 is 3.28. The molecule has 1 aromatic carbocycles. The molecule has 0 aliphatic heterocycles. The van der Waals surface area contributed by atoms with Crippen LogP contribution in [0.25, 0.3) is 6.08 Å². The number of carboxylic acid groups (broad SMARTS) is 1. The van der Waals surface area contributed by atoms with E-state index in [4.69, 9.17) is 9.84 Å². The first-order chi connectivity index (χ1) is 7.22. The molecule has 1 aromatic rings. The summed E-state index contributed by atoms with van der Waals surface area (Å²) in [5.74, 6) is -0.412. The third kappa shape index (κ3) is 4.65. The van der Waals surface area contributed by atoms with Gasteiger partial charge < -0.3 is 9.84 Å². The Morgan fingerprint density at radius 2 is 2.33 bits per heavy atom. The summed E-state index contributed by atoms with van der Waals surface area (Å²) in [5.41, 5.74) is 0.984. The van der Waals surface area contributed by atoms with Crippen LogP contribution in [0.5, 0.6) is 5.75 Å². The van der Waals surface area contributed by atoms with Crippen LogP contribution in [-0.2, 0) is 4.79 Å². The minimum atomic E-state index is -0.976. The predicted octanol–water partition coefficient (Wildman–Crippen LogP) is 2.56. The first-order valence-electron chi connectivity index (χ1n) is 4.39. The Balaban J connectivity index is 2.65. The number of aliphatic carboxylic acids is 1. The molecule has 15 heavy (non-hydrogen) atoms. The zero-order chi connectivity index (χ0) is 11.1. The molecule has 0 saturated heterocycles. The molecule has 0 aromatic heterocycles. The van der Waals surface area contributed by atoms with Crippen LogP contribution in [0.3, 0.4) is 0 Å². The zero-order valence-electron chi connectivity index (χ0n) is 8.02. The molecule has 0 unspecified atom stereocenters. The second-order valence-electron chi connectivity index (χ2n) is 2.81. The molecule has 1 N–H and O–H groups in total. The van der Waals surface area contributed by atoms with E-state index in [1.807, 2.05) is 24.3 Å². The lowest BCUT2D eigenvalue weighted by Crippen LogP contribution is -2.09. The number of halogens is 1. The van der Waals surface area contributed by atoms with Crippen molar-refractivity contribution in [1.82, 2.24) is 0 Å². The van der Waals surface area contributed by atoms with Crippen molar-refractivity contribution in [3.05, 3.63) is 35.9 Å². The largest absolute Gasteiger partial charge is 0.482 e. The Morgan fingerprint density at radius 3 is 3.00 bits per heavy atom. The van der Waals surface area contributed by atoms with Crippen LogP contribution in [0.1, 0.15) is 5.56 Å². The van der Waals surface area contributed by atoms with Gasteiger partial charge in [-0.1, -0.05) is 40.2 Å². The Morgan fingerprint density at radius 1 is 1.53 bits per heavy atom. The third-order valence-electron chi connectivity index (χ3n) is 1.62. The molecule has 0 aliphatic rings. The zero-order valence-corrected chi connectivity index (χ0v) is 9.61. The molecule has 0 aliphatic carbocycles. The molecular formula is C11H11BrO3. The number of benzene rings is 1. The Bertz CT molecular complexity index is 361. The number of hydrogen-bond donors (Lipinski definition) is 1. The molecular weight excluding hydrogens is 260 g/mol. The highest BCUT2D eigenvalue weighted by Gasteiger charge is 1.98. The van der Waals surface area contributed by atoms with Gasteiger partial charge in [0.2, 0.25) is 0 Å². The van der Waals surface area contributed by atoms with Gasteiger partial charge in [-0.3, -0.25) is 0 Å². The molecule has 1 rings (SSSR count). The first kappa shape index (κ1) is 11.8. The van der Waals surface area contributed by atoms with E-state index in [0.717, 1.165) is 10.9 Å². The van der Waals surface area contributed by atoms with Crippen LogP contribution in [0.2, 0.25) is 0 Å². The molecule has 0 amide bonds. The molecule has 0 radical (unpaired) electrons. The number of rotatable bonds is 5. The number of hydrogen-bond acceptors (Lipinski definition) is 2. The molecule has 80 valence electrons. The summed E-state index contributed by atoms with van der Waals surface area (Å²) in [6.45, 7) is -0.314. The average Bonchev–Trinajstić information content (AvgIpc) is 2.24. The third-order valence-corrected chi connectivity index (χ3v) is 1.99. The molecule has 0 bridgehead atoms. The van der Waals surface area contributed by atoms with Crippen molar-refractivity contribution in [2.45, 2.75) is 0 Å².